The van der Waals surface area contributed by atoms with Crippen LogP contribution in [0.3, 0.4) is 0 Å². The van der Waals surface area contributed by atoms with E-state index in [9.17, 15) is 13.6 Å². The normalized spacial score (nSPS) is 34.9. The molecular formula is C13H23F2N3O. The van der Waals surface area contributed by atoms with Crippen LogP contribution < -0.4 is 16.8 Å². The van der Waals surface area contributed by atoms with Gasteiger partial charge in [-0.15, -0.1) is 0 Å². The zero-order chi connectivity index (χ0) is 14.0. The Morgan fingerprint density at radius 2 is 1.84 bits per heavy atom. The van der Waals surface area contributed by atoms with E-state index in [0.717, 1.165) is 25.7 Å². The second-order valence-electron chi connectivity index (χ2n) is 5.97. The Hall–Kier alpha value is -0.750. The summed E-state index contributed by atoms with van der Waals surface area (Å²) in [6, 6.07) is 0.184. The van der Waals surface area contributed by atoms with E-state index in [-0.39, 0.29) is 17.9 Å². The fourth-order valence-electron chi connectivity index (χ4n) is 3.44. The first-order chi connectivity index (χ1) is 8.93. The van der Waals surface area contributed by atoms with Gasteiger partial charge in [0.2, 0.25) is 5.91 Å². The third kappa shape index (κ3) is 3.42. The van der Waals surface area contributed by atoms with Gasteiger partial charge in [-0.3, -0.25) is 4.79 Å². The van der Waals surface area contributed by atoms with Gasteiger partial charge >= 0.3 is 0 Å². The molecule has 6 heteroatoms. The molecule has 0 aromatic carbocycles. The molecule has 2 saturated carbocycles. The number of hydrogen-bond donors (Lipinski definition) is 3. The van der Waals surface area contributed by atoms with E-state index in [2.05, 4.69) is 5.32 Å². The number of amides is 1. The smallest absolute Gasteiger partial charge is 0.277 e. The zero-order valence-corrected chi connectivity index (χ0v) is 11.1. The molecule has 2 unspecified atom stereocenters. The molecule has 2 fully saturated rings. The van der Waals surface area contributed by atoms with E-state index >= 15 is 0 Å². The van der Waals surface area contributed by atoms with Crippen LogP contribution in [0.4, 0.5) is 8.78 Å². The Kier molecular flexibility index (Phi) is 4.40. The molecule has 0 spiro atoms. The molecular weight excluding hydrogens is 252 g/mol. The fraction of sp³-hybridized carbons (Fsp3) is 0.923. The van der Waals surface area contributed by atoms with Crippen molar-refractivity contribution in [1.82, 2.24) is 5.32 Å². The van der Waals surface area contributed by atoms with Gasteiger partial charge in [0.25, 0.3) is 5.92 Å². The van der Waals surface area contributed by atoms with Crippen molar-refractivity contribution in [2.75, 3.05) is 13.1 Å². The standard InChI is InChI=1S/C13H23F2N3O/c14-13(15,6-16)7-18-12(19)10-4-8-2-1-3-9(5-10)11(8)17/h8-11H,1-7,16-17H2,(H,18,19). The maximum absolute atomic E-state index is 13.0. The monoisotopic (exact) mass is 275 g/mol. The Bertz CT molecular complexity index is 324. The summed E-state index contributed by atoms with van der Waals surface area (Å²) in [6.45, 7) is -1.41. The van der Waals surface area contributed by atoms with Gasteiger partial charge in [-0.25, -0.2) is 8.78 Å². The molecule has 0 radical (unpaired) electrons. The molecule has 4 nitrogen and oxygen atoms in total. The van der Waals surface area contributed by atoms with Crippen LogP contribution in [0.15, 0.2) is 0 Å². The van der Waals surface area contributed by atoms with Crippen LogP contribution in [0.5, 0.6) is 0 Å². The van der Waals surface area contributed by atoms with Crippen molar-refractivity contribution in [3.63, 3.8) is 0 Å². The summed E-state index contributed by atoms with van der Waals surface area (Å²) >= 11 is 0. The van der Waals surface area contributed by atoms with Crippen molar-refractivity contribution in [2.24, 2.45) is 29.2 Å². The van der Waals surface area contributed by atoms with Gasteiger partial charge < -0.3 is 16.8 Å². The Labute approximate surface area is 112 Å². The van der Waals surface area contributed by atoms with E-state index in [1.54, 1.807) is 0 Å². The first kappa shape index (κ1) is 14.7. The topological polar surface area (TPSA) is 81.1 Å². The molecule has 2 aliphatic rings. The number of alkyl halides is 2. The number of carbonyl (C=O) groups is 1. The van der Waals surface area contributed by atoms with Crippen molar-refractivity contribution < 1.29 is 13.6 Å². The van der Waals surface area contributed by atoms with Crippen molar-refractivity contribution >= 4 is 5.91 Å². The summed E-state index contributed by atoms with van der Waals surface area (Å²) in [4.78, 5) is 12.0. The molecule has 0 aromatic heterocycles. The Morgan fingerprint density at radius 3 is 2.37 bits per heavy atom. The average molecular weight is 275 g/mol. The number of rotatable bonds is 4. The lowest BCUT2D eigenvalue weighted by Gasteiger charge is -2.43. The van der Waals surface area contributed by atoms with Gasteiger partial charge in [0.05, 0.1) is 13.1 Å². The molecule has 2 atom stereocenters. The molecule has 2 aliphatic carbocycles. The van der Waals surface area contributed by atoms with Gasteiger partial charge in [0, 0.05) is 12.0 Å². The third-order valence-corrected chi connectivity index (χ3v) is 4.60. The molecule has 0 aliphatic heterocycles. The quantitative estimate of drug-likeness (QED) is 0.711. The minimum absolute atomic E-state index is 0.163. The van der Waals surface area contributed by atoms with Crippen molar-refractivity contribution in [1.29, 1.82) is 0 Å². The molecule has 19 heavy (non-hydrogen) atoms. The molecule has 0 aromatic rings. The summed E-state index contributed by atoms with van der Waals surface area (Å²) in [5.74, 6) is -2.70. The van der Waals surface area contributed by atoms with E-state index in [1.807, 2.05) is 0 Å². The summed E-state index contributed by atoms with van der Waals surface area (Å²) < 4.78 is 26.0. The first-order valence-corrected chi connectivity index (χ1v) is 7.04. The lowest BCUT2D eigenvalue weighted by Crippen LogP contribution is -2.50. The lowest BCUT2D eigenvalue weighted by atomic mass is 9.65. The van der Waals surface area contributed by atoms with E-state index in [4.69, 9.17) is 11.5 Å². The highest BCUT2D eigenvalue weighted by atomic mass is 19.3. The maximum atomic E-state index is 13.0. The highest BCUT2D eigenvalue weighted by Crippen LogP contribution is 2.41. The predicted octanol–water partition coefficient (Wildman–Crippen LogP) is 0.850. The number of hydrogen-bond acceptors (Lipinski definition) is 3. The van der Waals surface area contributed by atoms with Crippen molar-refractivity contribution in [3.8, 4) is 0 Å². The summed E-state index contributed by atoms with van der Waals surface area (Å²) in [7, 11) is 0. The highest BCUT2D eigenvalue weighted by molar-refractivity contribution is 5.78. The Balaban J connectivity index is 1.87. The van der Waals surface area contributed by atoms with Gasteiger partial charge in [-0.05, 0) is 37.5 Å². The van der Waals surface area contributed by atoms with Crippen LogP contribution in [-0.4, -0.2) is 31.0 Å². The van der Waals surface area contributed by atoms with Crippen molar-refractivity contribution in [3.05, 3.63) is 0 Å². The molecule has 1 amide bonds. The second-order valence-corrected chi connectivity index (χ2v) is 5.97. The molecule has 2 rings (SSSR count). The highest BCUT2D eigenvalue weighted by Gasteiger charge is 2.41. The average Bonchev–Trinajstić information content (AvgIpc) is 2.36. The molecule has 0 saturated heterocycles. The Morgan fingerprint density at radius 1 is 1.26 bits per heavy atom. The fourth-order valence-corrected chi connectivity index (χ4v) is 3.44. The van der Waals surface area contributed by atoms with Crippen molar-refractivity contribution in [2.45, 2.75) is 44.1 Å². The largest absolute Gasteiger partial charge is 0.350 e. The van der Waals surface area contributed by atoms with Gasteiger partial charge in [-0.2, -0.15) is 0 Å². The van der Waals surface area contributed by atoms with E-state index in [0.29, 0.717) is 11.8 Å². The van der Waals surface area contributed by atoms with Crippen LogP contribution in [0.25, 0.3) is 0 Å². The predicted molar refractivity (Wildman–Crippen MR) is 68.5 cm³/mol. The van der Waals surface area contributed by atoms with Crippen LogP contribution in [-0.2, 0) is 4.79 Å². The van der Waals surface area contributed by atoms with Crippen LogP contribution in [0.1, 0.15) is 32.1 Å². The SMILES string of the molecule is NCC(F)(F)CNC(=O)C1CC2CCCC(C1)C2N. The van der Waals surface area contributed by atoms with Crippen LogP contribution >= 0.6 is 0 Å². The van der Waals surface area contributed by atoms with Crippen LogP contribution in [0, 0.1) is 17.8 Å². The van der Waals surface area contributed by atoms with E-state index < -0.39 is 19.0 Å². The third-order valence-electron chi connectivity index (χ3n) is 4.60. The zero-order valence-electron chi connectivity index (χ0n) is 11.1. The maximum Gasteiger partial charge on any atom is 0.277 e. The molecule has 0 heterocycles. The van der Waals surface area contributed by atoms with E-state index in [1.165, 1.54) is 6.42 Å². The van der Waals surface area contributed by atoms with Gasteiger partial charge in [0.15, 0.2) is 0 Å². The van der Waals surface area contributed by atoms with Gasteiger partial charge in [-0.1, -0.05) is 6.42 Å². The molecule has 5 N–H and O–H groups in total. The van der Waals surface area contributed by atoms with Gasteiger partial charge in [0.1, 0.15) is 0 Å². The number of halogens is 2. The summed E-state index contributed by atoms with van der Waals surface area (Å²) in [5, 5.41) is 2.34. The molecule has 110 valence electrons. The number of fused-ring (bicyclic) bond motifs is 2. The lowest BCUT2D eigenvalue weighted by molar-refractivity contribution is -0.129. The minimum atomic E-state index is -3.02. The summed E-state index contributed by atoms with van der Waals surface area (Å²) in [6.07, 6.45) is 4.75. The second kappa shape index (κ2) is 5.71. The minimum Gasteiger partial charge on any atom is -0.350 e. The number of nitrogens with one attached hydrogen (secondary N) is 1. The van der Waals surface area contributed by atoms with Crippen LogP contribution in [0.2, 0.25) is 0 Å². The summed E-state index contributed by atoms with van der Waals surface area (Å²) in [5.41, 5.74) is 11.1. The number of nitrogens with two attached hydrogens (primary N) is 2. The number of carbonyl (C=O) groups excluding carboxylic acids is 1. The first-order valence-electron chi connectivity index (χ1n) is 7.04. The molecule has 2 bridgehead atoms.